The molecule has 0 aromatic carbocycles. The molecule has 2 N–H and O–H groups in total. The van der Waals surface area contributed by atoms with Gasteiger partial charge in [-0.25, -0.2) is 4.68 Å². The van der Waals surface area contributed by atoms with E-state index >= 15 is 0 Å². The van der Waals surface area contributed by atoms with E-state index in [1.807, 2.05) is 31.3 Å². The van der Waals surface area contributed by atoms with E-state index in [0.717, 1.165) is 11.4 Å². The molecule has 76 valence electrons. The standard InChI is InChI=1S/C10H10N4S/c1-7-4-6-14(13-7)8-3-2-5-12-9(8)10(11)15/h2-6H,1H3,(H2,11,15). The summed E-state index contributed by atoms with van der Waals surface area (Å²) in [6.45, 7) is 1.92. The Kier molecular flexibility index (Phi) is 2.47. The molecular formula is C10H10N4S. The molecule has 0 radical (unpaired) electrons. The number of nitrogens with two attached hydrogens (primary N) is 1. The summed E-state index contributed by atoms with van der Waals surface area (Å²) in [7, 11) is 0. The molecular weight excluding hydrogens is 208 g/mol. The molecule has 0 saturated heterocycles. The minimum absolute atomic E-state index is 0.277. The van der Waals surface area contributed by atoms with E-state index in [0.29, 0.717) is 5.69 Å². The minimum Gasteiger partial charge on any atom is -0.388 e. The number of nitrogens with zero attached hydrogens (tertiary/aromatic N) is 3. The van der Waals surface area contributed by atoms with Gasteiger partial charge in [0, 0.05) is 12.4 Å². The summed E-state index contributed by atoms with van der Waals surface area (Å²) < 4.78 is 1.72. The van der Waals surface area contributed by atoms with Crippen LogP contribution in [-0.4, -0.2) is 19.8 Å². The first-order valence-corrected chi connectivity index (χ1v) is 4.87. The Balaban J connectivity index is 2.57. The molecule has 2 rings (SSSR count). The number of hydrogen-bond donors (Lipinski definition) is 1. The van der Waals surface area contributed by atoms with Gasteiger partial charge in [-0.3, -0.25) is 4.98 Å². The van der Waals surface area contributed by atoms with Gasteiger partial charge < -0.3 is 5.73 Å². The van der Waals surface area contributed by atoms with Crippen LogP contribution in [-0.2, 0) is 0 Å². The Hall–Kier alpha value is -1.75. The van der Waals surface area contributed by atoms with Crippen molar-refractivity contribution in [1.82, 2.24) is 14.8 Å². The minimum atomic E-state index is 0.277. The molecule has 2 heterocycles. The molecule has 2 aromatic rings. The highest BCUT2D eigenvalue weighted by atomic mass is 32.1. The molecule has 0 atom stereocenters. The van der Waals surface area contributed by atoms with Gasteiger partial charge in [-0.2, -0.15) is 5.10 Å². The van der Waals surface area contributed by atoms with Crippen molar-refractivity contribution in [2.45, 2.75) is 6.92 Å². The maximum atomic E-state index is 5.59. The second-order valence-electron chi connectivity index (χ2n) is 3.14. The molecule has 0 saturated carbocycles. The molecule has 2 aromatic heterocycles. The predicted molar refractivity (Wildman–Crippen MR) is 62.0 cm³/mol. The van der Waals surface area contributed by atoms with E-state index in [1.54, 1.807) is 10.9 Å². The summed E-state index contributed by atoms with van der Waals surface area (Å²) in [5, 5.41) is 4.29. The van der Waals surface area contributed by atoms with Crippen LogP contribution in [0.25, 0.3) is 5.69 Å². The molecule has 0 fully saturated rings. The molecule has 0 aliphatic rings. The Labute approximate surface area is 92.7 Å². The van der Waals surface area contributed by atoms with Crippen LogP contribution in [0.3, 0.4) is 0 Å². The topological polar surface area (TPSA) is 56.7 Å². The fraction of sp³-hybridized carbons (Fsp3) is 0.100. The fourth-order valence-corrected chi connectivity index (χ4v) is 1.48. The number of aromatic nitrogens is 3. The van der Waals surface area contributed by atoms with Crippen molar-refractivity contribution in [3.8, 4) is 5.69 Å². The van der Waals surface area contributed by atoms with Gasteiger partial charge in [0.15, 0.2) is 0 Å². The summed E-state index contributed by atoms with van der Waals surface area (Å²) in [5.74, 6) is 0. The summed E-state index contributed by atoms with van der Waals surface area (Å²) in [6, 6.07) is 5.62. The van der Waals surface area contributed by atoms with Crippen molar-refractivity contribution in [3.63, 3.8) is 0 Å². The van der Waals surface area contributed by atoms with Crippen molar-refractivity contribution in [2.24, 2.45) is 5.73 Å². The van der Waals surface area contributed by atoms with Gasteiger partial charge in [0.05, 0.1) is 11.4 Å². The number of hydrogen-bond acceptors (Lipinski definition) is 3. The lowest BCUT2D eigenvalue weighted by atomic mass is 10.3. The van der Waals surface area contributed by atoms with Crippen molar-refractivity contribution in [1.29, 1.82) is 0 Å². The third-order valence-electron chi connectivity index (χ3n) is 1.99. The van der Waals surface area contributed by atoms with Gasteiger partial charge >= 0.3 is 0 Å². The zero-order valence-corrected chi connectivity index (χ0v) is 9.03. The maximum Gasteiger partial charge on any atom is 0.124 e. The number of thiocarbonyl (C=S) groups is 1. The van der Waals surface area contributed by atoms with Gasteiger partial charge in [0.25, 0.3) is 0 Å². The lowest BCUT2D eigenvalue weighted by molar-refractivity contribution is 0.854. The van der Waals surface area contributed by atoms with Crippen molar-refractivity contribution in [2.75, 3.05) is 0 Å². The molecule has 0 aliphatic carbocycles. The maximum absolute atomic E-state index is 5.59. The van der Waals surface area contributed by atoms with Crippen LogP contribution in [0.2, 0.25) is 0 Å². The highest BCUT2D eigenvalue weighted by Crippen LogP contribution is 2.11. The van der Waals surface area contributed by atoms with Gasteiger partial charge in [-0.15, -0.1) is 0 Å². The lowest BCUT2D eigenvalue weighted by Gasteiger charge is -2.06. The molecule has 4 nitrogen and oxygen atoms in total. The number of aryl methyl sites for hydroxylation is 1. The summed E-state index contributed by atoms with van der Waals surface area (Å²) in [5.41, 5.74) is 7.92. The first-order valence-electron chi connectivity index (χ1n) is 4.46. The molecule has 0 bridgehead atoms. The summed E-state index contributed by atoms with van der Waals surface area (Å²) in [4.78, 5) is 4.41. The predicted octanol–water partition coefficient (Wildman–Crippen LogP) is 1.21. The van der Waals surface area contributed by atoms with E-state index < -0.39 is 0 Å². The van der Waals surface area contributed by atoms with Crippen molar-refractivity contribution >= 4 is 17.2 Å². The third-order valence-corrected chi connectivity index (χ3v) is 2.18. The fourth-order valence-electron chi connectivity index (χ4n) is 1.32. The smallest absolute Gasteiger partial charge is 0.124 e. The molecule has 5 heteroatoms. The van der Waals surface area contributed by atoms with Gasteiger partial charge in [-0.05, 0) is 25.1 Å². The summed E-state index contributed by atoms with van der Waals surface area (Å²) in [6.07, 6.45) is 3.52. The summed E-state index contributed by atoms with van der Waals surface area (Å²) >= 11 is 4.93. The van der Waals surface area contributed by atoms with Crippen LogP contribution < -0.4 is 5.73 Å². The van der Waals surface area contributed by atoms with Crippen molar-refractivity contribution < 1.29 is 0 Å². The van der Waals surface area contributed by atoms with Crippen molar-refractivity contribution in [3.05, 3.63) is 42.0 Å². The van der Waals surface area contributed by atoms with E-state index in [4.69, 9.17) is 18.0 Å². The second-order valence-corrected chi connectivity index (χ2v) is 3.58. The number of rotatable bonds is 2. The molecule has 0 aliphatic heterocycles. The van der Waals surface area contributed by atoms with E-state index in [9.17, 15) is 0 Å². The molecule has 0 unspecified atom stereocenters. The van der Waals surface area contributed by atoms with E-state index in [2.05, 4.69) is 10.1 Å². The number of pyridine rings is 1. The lowest BCUT2D eigenvalue weighted by Crippen LogP contribution is -2.15. The first kappa shape index (κ1) is 9.79. The van der Waals surface area contributed by atoms with Crippen LogP contribution in [0, 0.1) is 6.92 Å². The van der Waals surface area contributed by atoms with Crippen LogP contribution in [0.5, 0.6) is 0 Å². The molecule has 0 spiro atoms. The van der Waals surface area contributed by atoms with E-state index in [-0.39, 0.29) is 4.99 Å². The average molecular weight is 218 g/mol. The highest BCUT2D eigenvalue weighted by Gasteiger charge is 2.08. The molecule has 15 heavy (non-hydrogen) atoms. The zero-order valence-electron chi connectivity index (χ0n) is 8.21. The zero-order chi connectivity index (χ0) is 10.8. The monoisotopic (exact) mass is 218 g/mol. The largest absolute Gasteiger partial charge is 0.388 e. The second kappa shape index (κ2) is 3.78. The molecule has 0 amide bonds. The van der Waals surface area contributed by atoms with Gasteiger partial charge in [0.2, 0.25) is 0 Å². The Morgan fingerprint density at radius 2 is 2.27 bits per heavy atom. The van der Waals surface area contributed by atoms with Crippen LogP contribution in [0.1, 0.15) is 11.4 Å². The normalized spacial score (nSPS) is 10.2. The Bertz CT molecular complexity index is 504. The van der Waals surface area contributed by atoms with Gasteiger partial charge in [-0.1, -0.05) is 12.2 Å². The van der Waals surface area contributed by atoms with Crippen LogP contribution in [0.4, 0.5) is 0 Å². The Morgan fingerprint density at radius 3 is 2.87 bits per heavy atom. The third kappa shape index (κ3) is 1.87. The van der Waals surface area contributed by atoms with Gasteiger partial charge in [0.1, 0.15) is 10.7 Å². The van der Waals surface area contributed by atoms with Crippen LogP contribution in [0.15, 0.2) is 30.6 Å². The first-order chi connectivity index (χ1) is 7.18. The van der Waals surface area contributed by atoms with E-state index in [1.165, 1.54) is 0 Å². The Morgan fingerprint density at radius 1 is 1.47 bits per heavy atom. The highest BCUT2D eigenvalue weighted by molar-refractivity contribution is 7.80. The average Bonchev–Trinajstić information content (AvgIpc) is 2.65. The SMILES string of the molecule is Cc1ccn(-c2cccnc2C(N)=S)n1. The van der Waals surface area contributed by atoms with Crippen LogP contribution >= 0.6 is 12.2 Å². The quantitative estimate of drug-likeness (QED) is 0.770.